The van der Waals surface area contributed by atoms with Crippen LogP contribution in [-0.2, 0) is 14.3 Å². The Morgan fingerprint density at radius 2 is 1.71 bits per heavy atom. The second kappa shape index (κ2) is 8.09. The van der Waals surface area contributed by atoms with E-state index in [0.29, 0.717) is 19.5 Å². The summed E-state index contributed by atoms with van der Waals surface area (Å²) in [5.41, 5.74) is 1.27. The number of para-hydroxylation sites is 1. The summed E-state index contributed by atoms with van der Waals surface area (Å²) in [6, 6.07) is 10.3. The molecule has 5 nitrogen and oxygen atoms in total. The first-order chi connectivity index (χ1) is 14.8. The zero-order chi connectivity index (χ0) is 21.6. The Morgan fingerprint density at radius 3 is 2.32 bits per heavy atom. The zero-order valence-electron chi connectivity index (χ0n) is 18.4. The lowest BCUT2D eigenvalue weighted by Crippen LogP contribution is -2.54. The second-order valence-corrected chi connectivity index (χ2v) is 12.3. The molecule has 3 atom stereocenters. The maximum atomic E-state index is 12.9. The minimum atomic E-state index is -0.706. The summed E-state index contributed by atoms with van der Waals surface area (Å²) in [6.07, 6.45) is 6.97. The van der Waals surface area contributed by atoms with Gasteiger partial charge >= 0.3 is 5.97 Å². The van der Waals surface area contributed by atoms with Crippen molar-refractivity contribution in [1.29, 1.82) is 0 Å². The van der Waals surface area contributed by atoms with Crippen molar-refractivity contribution in [1.82, 2.24) is 4.90 Å². The van der Waals surface area contributed by atoms with Crippen LogP contribution in [0.25, 0.3) is 0 Å². The average molecular weight is 489 g/mol. The third kappa shape index (κ3) is 4.37. The number of nitrogens with zero attached hydrogens (tertiary/aromatic N) is 2. The number of alkyl halides is 1. The van der Waals surface area contributed by atoms with Crippen LogP contribution in [0.15, 0.2) is 30.3 Å². The normalized spacial score (nSPS) is 35.2. The van der Waals surface area contributed by atoms with Crippen molar-refractivity contribution in [3.63, 3.8) is 0 Å². The molecule has 5 fully saturated rings. The molecule has 4 aliphatic carbocycles. The van der Waals surface area contributed by atoms with E-state index in [1.807, 2.05) is 23.1 Å². The van der Waals surface area contributed by atoms with Crippen molar-refractivity contribution in [3.05, 3.63) is 30.3 Å². The van der Waals surface area contributed by atoms with Crippen LogP contribution >= 0.6 is 15.9 Å². The Hall–Kier alpha value is -1.56. The Morgan fingerprint density at radius 1 is 1.06 bits per heavy atom. The number of hydrogen-bond donors (Lipinski definition) is 0. The monoisotopic (exact) mass is 488 g/mol. The Balaban J connectivity index is 1.13. The number of amides is 1. The van der Waals surface area contributed by atoms with E-state index in [2.05, 4.69) is 33.0 Å². The molecule has 0 spiro atoms. The molecular formula is C25H33BrN2O3. The molecule has 1 amide bonds. The van der Waals surface area contributed by atoms with Gasteiger partial charge in [0.25, 0.3) is 5.91 Å². The smallest absolute Gasteiger partial charge is 0.307 e. The molecule has 1 aromatic rings. The van der Waals surface area contributed by atoms with Gasteiger partial charge in [-0.25, -0.2) is 0 Å². The number of anilines is 1. The van der Waals surface area contributed by atoms with Crippen LogP contribution in [0, 0.1) is 17.3 Å². The van der Waals surface area contributed by atoms with Gasteiger partial charge in [0.1, 0.15) is 0 Å². The van der Waals surface area contributed by atoms with Crippen molar-refractivity contribution in [2.45, 2.75) is 62.3 Å². The summed E-state index contributed by atoms with van der Waals surface area (Å²) >= 11 is 4.01. The van der Waals surface area contributed by atoms with Crippen LogP contribution in [0.5, 0.6) is 0 Å². The van der Waals surface area contributed by atoms with Crippen LogP contribution in [0.3, 0.4) is 0 Å². The number of benzene rings is 1. The molecular weight excluding hydrogens is 456 g/mol. The molecule has 1 aliphatic heterocycles. The molecule has 6 heteroatoms. The van der Waals surface area contributed by atoms with Gasteiger partial charge in [-0.05, 0) is 74.8 Å². The van der Waals surface area contributed by atoms with Crippen LogP contribution < -0.4 is 4.90 Å². The van der Waals surface area contributed by atoms with E-state index in [0.717, 1.165) is 44.2 Å². The lowest BCUT2D eigenvalue weighted by Gasteiger charge is -2.60. The molecule has 168 valence electrons. The lowest BCUT2D eigenvalue weighted by atomic mass is 9.49. The maximum Gasteiger partial charge on any atom is 0.307 e. The number of hydrogen-bond acceptors (Lipinski definition) is 4. The standard InChI is InChI=1S/C25H33BrN2O3/c1-18(23(30)28-9-7-27(8-10-28)21-5-3-2-4-6-21)31-22(29)16-24-12-19-11-20(13-24)15-25(26,14-19)17-24/h2-6,18-20H,7-17H2,1H3. The quantitative estimate of drug-likeness (QED) is 0.455. The summed E-state index contributed by atoms with van der Waals surface area (Å²) < 4.78 is 5.92. The molecule has 6 rings (SSSR count). The van der Waals surface area contributed by atoms with Gasteiger partial charge in [0.2, 0.25) is 0 Å². The highest BCUT2D eigenvalue weighted by Gasteiger charge is 2.57. The van der Waals surface area contributed by atoms with E-state index in [4.69, 9.17) is 4.74 Å². The Labute approximate surface area is 193 Å². The lowest BCUT2D eigenvalue weighted by molar-refractivity contribution is -0.164. The molecule has 3 unspecified atom stereocenters. The molecule has 0 N–H and O–H groups in total. The number of rotatable bonds is 5. The predicted molar refractivity (Wildman–Crippen MR) is 124 cm³/mol. The predicted octanol–water partition coefficient (Wildman–Crippen LogP) is 4.39. The summed E-state index contributed by atoms with van der Waals surface area (Å²) in [5.74, 6) is 1.23. The van der Waals surface area contributed by atoms with E-state index >= 15 is 0 Å². The number of carbonyl (C=O) groups excluding carboxylic acids is 2. The molecule has 1 heterocycles. The largest absolute Gasteiger partial charge is 0.453 e. The van der Waals surface area contributed by atoms with Gasteiger partial charge in [0.15, 0.2) is 6.10 Å². The second-order valence-electron chi connectivity index (χ2n) is 10.6. The first-order valence-corrected chi connectivity index (χ1v) is 12.6. The van der Waals surface area contributed by atoms with E-state index in [1.165, 1.54) is 24.9 Å². The number of piperazine rings is 1. The molecule has 4 bridgehead atoms. The van der Waals surface area contributed by atoms with Crippen LogP contribution in [0.4, 0.5) is 5.69 Å². The third-order valence-corrected chi connectivity index (χ3v) is 8.93. The van der Waals surface area contributed by atoms with Crippen molar-refractivity contribution >= 4 is 33.5 Å². The number of carbonyl (C=O) groups is 2. The van der Waals surface area contributed by atoms with E-state index in [1.54, 1.807) is 6.92 Å². The topological polar surface area (TPSA) is 49.9 Å². The summed E-state index contributed by atoms with van der Waals surface area (Å²) in [4.78, 5) is 29.9. The number of ether oxygens (including phenoxy) is 1. The molecule has 31 heavy (non-hydrogen) atoms. The minimum absolute atomic E-state index is 0.0662. The fourth-order valence-corrected chi connectivity index (χ4v) is 8.73. The van der Waals surface area contributed by atoms with Gasteiger partial charge in [0, 0.05) is 36.2 Å². The fourth-order valence-electron chi connectivity index (χ4n) is 7.22. The number of esters is 1. The third-order valence-electron chi connectivity index (χ3n) is 8.00. The zero-order valence-corrected chi connectivity index (χ0v) is 20.0. The van der Waals surface area contributed by atoms with Gasteiger partial charge in [-0.3, -0.25) is 9.59 Å². The molecule has 5 aliphatic rings. The maximum absolute atomic E-state index is 12.9. The summed E-state index contributed by atoms with van der Waals surface area (Å²) in [6.45, 7) is 4.66. The van der Waals surface area contributed by atoms with Gasteiger partial charge in [-0.1, -0.05) is 34.1 Å². The Kier molecular flexibility index (Phi) is 5.56. The van der Waals surface area contributed by atoms with Crippen molar-refractivity contribution in [2.75, 3.05) is 31.1 Å². The van der Waals surface area contributed by atoms with Gasteiger partial charge < -0.3 is 14.5 Å². The van der Waals surface area contributed by atoms with Gasteiger partial charge in [-0.15, -0.1) is 0 Å². The highest BCUT2D eigenvalue weighted by atomic mass is 79.9. The molecule has 0 radical (unpaired) electrons. The minimum Gasteiger partial charge on any atom is -0.453 e. The fraction of sp³-hybridized carbons (Fsp3) is 0.680. The van der Waals surface area contributed by atoms with Crippen molar-refractivity contribution in [3.8, 4) is 0 Å². The first kappa shape index (κ1) is 21.3. The van der Waals surface area contributed by atoms with Gasteiger partial charge in [0.05, 0.1) is 6.42 Å². The summed E-state index contributed by atoms with van der Waals surface area (Å²) in [5, 5.41) is 0. The van der Waals surface area contributed by atoms with Crippen molar-refractivity contribution < 1.29 is 14.3 Å². The summed E-state index contributed by atoms with van der Waals surface area (Å²) in [7, 11) is 0. The molecule has 0 aromatic heterocycles. The highest BCUT2D eigenvalue weighted by molar-refractivity contribution is 9.10. The van der Waals surface area contributed by atoms with Crippen molar-refractivity contribution in [2.24, 2.45) is 17.3 Å². The molecule has 1 aromatic carbocycles. The molecule has 4 saturated carbocycles. The van der Waals surface area contributed by atoms with Gasteiger partial charge in [-0.2, -0.15) is 0 Å². The average Bonchev–Trinajstić information content (AvgIpc) is 2.71. The number of halogens is 1. The van der Waals surface area contributed by atoms with E-state index in [-0.39, 0.29) is 21.6 Å². The first-order valence-electron chi connectivity index (χ1n) is 11.8. The van der Waals surface area contributed by atoms with E-state index < -0.39 is 6.10 Å². The van der Waals surface area contributed by atoms with Crippen LogP contribution in [-0.4, -0.2) is 53.4 Å². The van der Waals surface area contributed by atoms with Crippen LogP contribution in [0.2, 0.25) is 0 Å². The Bertz CT molecular complexity index is 822. The highest BCUT2D eigenvalue weighted by Crippen LogP contribution is 2.65. The molecule has 1 saturated heterocycles. The van der Waals surface area contributed by atoms with E-state index in [9.17, 15) is 9.59 Å². The van der Waals surface area contributed by atoms with Crippen LogP contribution in [0.1, 0.15) is 51.9 Å². The SMILES string of the molecule is CC(OC(=O)CC12CC3CC(CC(Br)(C3)C1)C2)C(=O)N1CCN(c2ccccc2)CC1.